The molecule has 0 radical (unpaired) electrons. The molecule has 0 saturated heterocycles. The van der Waals surface area contributed by atoms with Crippen LogP contribution < -0.4 is 0 Å². The molecule has 0 N–H and O–H groups in total. The summed E-state index contributed by atoms with van der Waals surface area (Å²) in [5.74, 6) is 0. The van der Waals surface area contributed by atoms with E-state index in [-0.39, 0.29) is 0 Å². The minimum atomic E-state index is 0.938. The maximum Gasteiger partial charge on any atom is 0.126 e. The molecule has 0 spiro atoms. The molecule has 14 heavy (non-hydrogen) atoms. The molecule has 72 valence electrons. The first-order valence-corrected chi connectivity index (χ1v) is 6.46. The zero-order valence-electron chi connectivity index (χ0n) is 7.42. The number of rotatable bonds is 1. The number of thiazole rings is 1. The second-order valence-electron chi connectivity index (χ2n) is 2.85. The van der Waals surface area contributed by atoms with Crippen molar-refractivity contribution in [2.24, 2.45) is 0 Å². The van der Waals surface area contributed by atoms with Crippen LogP contribution in [-0.2, 0) is 0 Å². The molecule has 2 rings (SSSR count). The van der Waals surface area contributed by atoms with Crippen LogP contribution in [0.15, 0.2) is 33.3 Å². The molecule has 1 aromatic heterocycles. The minimum Gasteiger partial charge on any atom is -0.229 e. The molecular formula is C10H7Br2NS. The topological polar surface area (TPSA) is 12.9 Å². The van der Waals surface area contributed by atoms with Crippen LogP contribution in [0.25, 0.3) is 10.6 Å². The number of hydrogen-bond acceptors (Lipinski definition) is 2. The van der Waals surface area contributed by atoms with Crippen molar-refractivity contribution in [3.8, 4) is 10.6 Å². The molecule has 0 amide bonds. The maximum atomic E-state index is 4.45. The Bertz CT molecular complexity index is 445. The predicted octanol–water partition coefficient (Wildman–Crippen LogP) is 4.64. The number of benzene rings is 1. The number of hydrogen-bond donors (Lipinski definition) is 0. The Morgan fingerprint density at radius 3 is 2.50 bits per heavy atom. The zero-order valence-corrected chi connectivity index (χ0v) is 11.4. The van der Waals surface area contributed by atoms with Crippen molar-refractivity contribution in [3.63, 3.8) is 0 Å². The lowest BCUT2D eigenvalue weighted by atomic mass is 10.2. The van der Waals surface area contributed by atoms with Crippen LogP contribution in [0.5, 0.6) is 0 Å². The summed E-state index contributed by atoms with van der Waals surface area (Å²) in [6.45, 7) is 2.06. The van der Waals surface area contributed by atoms with Crippen molar-refractivity contribution in [2.45, 2.75) is 6.92 Å². The third kappa shape index (κ3) is 1.92. The van der Waals surface area contributed by atoms with Crippen LogP contribution in [0.3, 0.4) is 0 Å². The molecule has 0 atom stereocenters. The van der Waals surface area contributed by atoms with Gasteiger partial charge in [0.1, 0.15) is 9.61 Å². The second kappa shape index (κ2) is 4.13. The van der Waals surface area contributed by atoms with Crippen LogP contribution in [0.1, 0.15) is 4.88 Å². The molecular weight excluding hydrogens is 326 g/mol. The molecule has 0 fully saturated rings. The van der Waals surface area contributed by atoms with E-state index in [9.17, 15) is 0 Å². The summed E-state index contributed by atoms with van der Waals surface area (Å²) in [5, 5.41) is 1.04. The summed E-state index contributed by atoms with van der Waals surface area (Å²) in [7, 11) is 0. The number of halogens is 2. The second-order valence-corrected chi connectivity index (χ2v) is 5.65. The first-order valence-electron chi connectivity index (χ1n) is 4.06. The average Bonchev–Trinajstić information content (AvgIpc) is 2.48. The van der Waals surface area contributed by atoms with Gasteiger partial charge >= 0.3 is 0 Å². The highest BCUT2D eigenvalue weighted by Crippen LogP contribution is 2.34. The Morgan fingerprint density at radius 1 is 1.21 bits per heavy atom. The third-order valence-corrected chi connectivity index (χ3v) is 4.57. The first kappa shape index (κ1) is 10.3. The Hall–Kier alpha value is -0.190. The monoisotopic (exact) mass is 331 g/mol. The Kier molecular flexibility index (Phi) is 3.04. The van der Waals surface area contributed by atoms with Gasteiger partial charge in [-0.25, -0.2) is 4.98 Å². The van der Waals surface area contributed by atoms with E-state index in [1.54, 1.807) is 11.3 Å². The van der Waals surface area contributed by atoms with Crippen molar-refractivity contribution >= 4 is 43.2 Å². The molecule has 0 aliphatic carbocycles. The van der Waals surface area contributed by atoms with Crippen LogP contribution in [0.2, 0.25) is 0 Å². The molecule has 0 aliphatic rings. The molecule has 0 unspecified atom stereocenters. The Balaban J connectivity index is 2.55. The van der Waals surface area contributed by atoms with E-state index in [0.29, 0.717) is 0 Å². The van der Waals surface area contributed by atoms with Crippen LogP contribution in [0.4, 0.5) is 0 Å². The van der Waals surface area contributed by atoms with Gasteiger partial charge < -0.3 is 0 Å². The fourth-order valence-electron chi connectivity index (χ4n) is 1.13. The summed E-state index contributed by atoms with van der Waals surface area (Å²) >= 11 is 8.63. The number of aromatic nitrogens is 1. The van der Waals surface area contributed by atoms with Crippen LogP contribution in [-0.4, -0.2) is 4.98 Å². The van der Waals surface area contributed by atoms with Gasteiger partial charge in [0.15, 0.2) is 0 Å². The van der Waals surface area contributed by atoms with E-state index >= 15 is 0 Å². The molecule has 1 aromatic carbocycles. The van der Waals surface area contributed by atoms with E-state index in [4.69, 9.17) is 0 Å². The lowest BCUT2D eigenvalue weighted by Crippen LogP contribution is -1.76. The third-order valence-electron chi connectivity index (χ3n) is 1.84. The molecule has 0 bridgehead atoms. The number of nitrogens with zero attached hydrogens (tertiary/aromatic N) is 1. The van der Waals surface area contributed by atoms with Crippen molar-refractivity contribution in [2.75, 3.05) is 0 Å². The summed E-state index contributed by atoms with van der Waals surface area (Å²) in [5.41, 5.74) is 1.14. The highest BCUT2D eigenvalue weighted by Gasteiger charge is 2.09. The summed E-state index contributed by atoms with van der Waals surface area (Å²) < 4.78 is 2.02. The lowest BCUT2D eigenvalue weighted by molar-refractivity contribution is 1.32. The van der Waals surface area contributed by atoms with Crippen LogP contribution >= 0.6 is 43.2 Å². The summed E-state index contributed by atoms with van der Waals surface area (Å²) in [6, 6.07) is 8.11. The van der Waals surface area contributed by atoms with Gasteiger partial charge in [0.05, 0.1) is 0 Å². The van der Waals surface area contributed by atoms with Crippen LogP contribution in [0, 0.1) is 6.92 Å². The fourth-order valence-corrected chi connectivity index (χ4v) is 3.11. The molecule has 1 heterocycles. The largest absolute Gasteiger partial charge is 0.229 e. The molecule has 1 nitrogen and oxygen atoms in total. The fraction of sp³-hybridized carbons (Fsp3) is 0.100. The molecule has 4 heteroatoms. The van der Waals surface area contributed by atoms with Gasteiger partial charge in [-0.2, -0.15) is 0 Å². The average molecular weight is 333 g/mol. The van der Waals surface area contributed by atoms with E-state index in [0.717, 1.165) is 19.6 Å². The van der Waals surface area contributed by atoms with Crippen molar-refractivity contribution < 1.29 is 0 Å². The SMILES string of the molecule is Cc1sc(-c2ccccc2Br)nc1Br. The molecule has 0 aliphatic heterocycles. The highest BCUT2D eigenvalue weighted by molar-refractivity contribution is 9.10. The van der Waals surface area contributed by atoms with E-state index in [1.807, 2.05) is 18.2 Å². The smallest absolute Gasteiger partial charge is 0.126 e. The van der Waals surface area contributed by atoms with Gasteiger partial charge in [-0.05, 0) is 28.9 Å². The van der Waals surface area contributed by atoms with Gasteiger partial charge in [0.2, 0.25) is 0 Å². The normalized spacial score (nSPS) is 10.5. The van der Waals surface area contributed by atoms with Gasteiger partial charge in [0, 0.05) is 14.9 Å². The van der Waals surface area contributed by atoms with E-state index < -0.39 is 0 Å². The summed E-state index contributed by atoms with van der Waals surface area (Å²) in [6.07, 6.45) is 0. The van der Waals surface area contributed by atoms with Crippen molar-refractivity contribution in [1.29, 1.82) is 0 Å². The Labute approximate surface area is 103 Å². The van der Waals surface area contributed by atoms with Crippen molar-refractivity contribution in [3.05, 3.63) is 38.2 Å². The van der Waals surface area contributed by atoms with Gasteiger partial charge in [-0.3, -0.25) is 0 Å². The molecule has 0 saturated carbocycles. The van der Waals surface area contributed by atoms with E-state index in [2.05, 4.69) is 49.8 Å². The predicted molar refractivity (Wildman–Crippen MR) is 67.7 cm³/mol. The van der Waals surface area contributed by atoms with Crippen molar-refractivity contribution in [1.82, 2.24) is 4.98 Å². The lowest BCUT2D eigenvalue weighted by Gasteiger charge is -1.98. The first-order chi connectivity index (χ1) is 6.68. The van der Waals surface area contributed by atoms with Gasteiger partial charge in [-0.15, -0.1) is 11.3 Å². The molecule has 2 aromatic rings. The van der Waals surface area contributed by atoms with Gasteiger partial charge in [0.25, 0.3) is 0 Å². The minimum absolute atomic E-state index is 0.938. The quantitative estimate of drug-likeness (QED) is 0.741. The highest BCUT2D eigenvalue weighted by atomic mass is 79.9. The Morgan fingerprint density at radius 2 is 1.93 bits per heavy atom. The van der Waals surface area contributed by atoms with Gasteiger partial charge in [-0.1, -0.05) is 34.1 Å². The van der Waals surface area contributed by atoms with E-state index in [1.165, 1.54) is 4.88 Å². The zero-order chi connectivity index (χ0) is 10.1. The number of aryl methyl sites for hydroxylation is 1. The summed E-state index contributed by atoms with van der Waals surface area (Å²) in [4.78, 5) is 5.65. The standard InChI is InChI=1S/C10H7Br2NS/c1-6-9(12)13-10(14-6)7-4-2-3-5-8(7)11/h2-5H,1H3. The maximum absolute atomic E-state index is 4.45.